The maximum Gasteiger partial charge on any atom is 0.241 e. The molecule has 0 unspecified atom stereocenters. The average molecular weight is 440 g/mol. The molecule has 0 saturated carbocycles. The van der Waals surface area contributed by atoms with Gasteiger partial charge < -0.3 is 15.0 Å². The molecule has 1 saturated heterocycles. The van der Waals surface area contributed by atoms with Crippen LogP contribution in [0.25, 0.3) is 0 Å². The highest BCUT2D eigenvalue weighted by atomic mass is 32.2. The first kappa shape index (κ1) is 24.0. The van der Waals surface area contributed by atoms with Crippen LogP contribution >= 0.6 is 0 Å². The Hall–Kier alpha value is -2.29. The molecule has 0 spiro atoms. The van der Waals surface area contributed by atoms with Crippen molar-refractivity contribution in [1.82, 2.24) is 10.2 Å². The molecule has 1 aromatic rings. The van der Waals surface area contributed by atoms with E-state index in [2.05, 4.69) is 10.0 Å². The number of anilines is 1. The van der Waals surface area contributed by atoms with Crippen molar-refractivity contribution in [2.75, 3.05) is 23.6 Å². The largest absolute Gasteiger partial charge is 0.491 e. The number of carbonyl (C=O) groups excluding carboxylic acids is 2. The first-order valence-corrected chi connectivity index (χ1v) is 12.0. The highest BCUT2D eigenvalue weighted by molar-refractivity contribution is 7.93. The molecule has 2 amide bonds. The van der Waals surface area contributed by atoms with Gasteiger partial charge in [-0.1, -0.05) is 13.8 Å². The Kier molecular flexibility index (Phi) is 8.52. The highest BCUT2D eigenvalue weighted by Gasteiger charge is 2.25. The zero-order valence-corrected chi connectivity index (χ0v) is 19.0. The predicted molar refractivity (Wildman–Crippen MR) is 117 cm³/mol. The van der Waals surface area contributed by atoms with Gasteiger partial charge in [-0.3, -0.25) is 14.3 Å². The molecule has 0 aliphatic carbocycles. The van der Waals surface area contributed by atoms with E-state index in [0.717, 1.165) is 0 Å². The second-order valence-corrected chi connectivity index (χ2v) is 10.1. The zero-order valence-electron chi connectivity index (χ0n) is 18.2. The molecule has 1 aromatic carbocycles. The fourth-order valence-corrected chi connectivity index (χ4v) is 4.28. The molecule has 2 rings (SSSR count). The van der Waals surface area contributed by atoms with Crippen molar-refractivity contribution < 1.29 is 22.7 Å². The number of hydrogen-bond donors (Lipinski definition) is 2. The lowest BCUT2D eigenvalue weighted by Gasteiger charge is -2.32. The number of rotatable bonds is 9. The molecule has 1 aliphatic heterocycles. The minimum Gasteiger partial charge on any atom is -0.491 e. The molecule has 0 atom stereocenters. The summed E-state index contributed by atoms with van der Waals surface area (Å²) in [4.78, 5) is 26.2. The number of piperidine rings is 1. The summed E-state index contributed by atoms with van der Waals surface area (Å²) in [5.41, 5.74) is 0.371. The van der Waals surface area contributed by atoms with Crippen molar-refractivity contribution in [3.05, 3.63) is 24.3 Å². The van der Waals surface area contributed by atoms with Crippen LogP contribution in [0.15, 0.2) is 24.3 Å². The Labute approximate surface area is 179 Å². The molecule has 8 nitrogen and oxygen atoms in total. The molecule has 0 bridgehead atoms. The molecule has 0 aromatic heterocycles. The third kappa shape index (κ3) is 8.22. The third-order valence-electron chi connectivity index (χ3n) is 4.62. The van der Waals surface area contributed by atoms with Gasteiger partial charge >= 0.3 is 0 Å². The first-order chi connectivity index (χ1) is 14.0. The van der Waals surface area contributed by atoms with Crippen LogP contribution in [-0.4, -0.2) is 56.1 Å². The van der Waals surface area contributed by atoms with E-state index >= 15 is 0 Å². The number of nitrogens with zero attached hydrogens (tertiary/aromatic N) is 1. The van der Waals surface area contributed by atoms with Gasteiger partial charge in [-0.15, -0.1) is 0 Å². The van der Waals surface area contributed by atoms with Gasteiger partial charge in [0, 0.05) is 31.2 Å². The lowest BCUT2D eigenvalue weighted by molar-refractivity contribution is -0.133. The Morgan fingerprint density at radius 3 is 2.23 bits per heavy atom. The molecule has 168 valence electrons. The second-order valence-electron chi connectivity index (χ2n) is 8.37. The number of ether oxygens (including phenoxy) is 1. The van der Waals surface area contributed by atoms with Crippen molar-refractivity contribution in [3.63, 3.8) is 0 Å². The number of nitrogens with one attached hydrogen (secondary N) is 2. The Bertz CT molecular complexity index is 814. The van der Waals surface area contributed by atoms with Crippen molar-refractivity contribution in [2.24, 2.45) is 5.92 Å². The molecule has 1 fully saturated rings. The van der Waals surface area contributed by atoms with Gasteiger partial charge in [-0.05, 0) is 56.9 Å². The summed E-state index contributed by atoms with van der Waals surface area (Å²) in [5.74, 6) is -0.111. The number of amides is 2. The van der Waals surface area contributed by atoms with Gasteiger partial charge in [0.1, 0.15) is 11.5 Å². The highest BCUT2D eigenvalue weighted by Crippen LogP contribution is 2.18. The fraction of sp³-hybridized carbons (Fsp3) is 0.619. The summed E-state index contributed by atoms with van der Waals surface area (Å²) in [6.07, 6.45) is 1.79. The van der Waals surface area contributed by atoms with E-state index in [1.807, 2.05) is 32.6 Å². The Balaban J connectivity index is 1.79. The van der Waals surface area contributed by atoms with Crippen molar-refractivity contribution >= 4 is 27.5 Å². The van der Waals surface area contributed by atoms with Crippen molar-refractivity contribution in [1.29, 1.82) is 0 Å². The summed E-state index contributed by atoms with van der Waals surface area (Å²) in [6.45, 7) is 8.98. The molecule has 30 heavy (non-hydrogen) atoms. The van der Waals surface area contributed by atoms with Crippen molar-refractivity contribution in [3.8, 4) is 5.75 Å². The molecule has 1 heterocycles. The molecule has 0 radical (unpaired) electrons. The molecular formula is C21H33N3O5S. The molecule has 2 N–H and O–H groups in total. The van der Waals surface area contributed by atoms with Crippen LogP contribution in [0.3, 0.4) is 0 Å². The quantitative estimate of drug-likeness (QED) is 0.615. The van der Waals surface area contributed by atoms with Crippen LogP contribution in [0.4, 0.5) is 5.69 Å². The third-order valence-corrected chi connectivity index (χ3v) is 5.81. The van der Waals surface area contributed by atoms with E-state index in [0.29, 0.717) is 49.7 Å². The van der Waals surface area contributed by atoms with E-state index in [1.165, 1.54) is 0 Å². The standard InChI is InChI=1S/C21H33N3O5S/c1-15(2)13-21(26)24-11-9-17(10-12-24)22-20(25)14-30(27,28)23-18-5-7-19(8-6-18)29-16(3)4/h5-8,15-17,23H,9-14H2,1-4H3,(H,22,25). The minimum atomic E-state index is -3.83. The SMILES string of the molecule is CC(C)CC(=O)N1CCC(NC(=O)CS(=O)(=O)Nc2ccc(OC(C)C)cc2)CC1. The van der Waals surface area contributed by atoms with Gasteiger partial charge in [0.2, 0.25) is 21.8 Å². The number of carbonyl (C=O) groups is 2. The van der Waals surface area contributed by atoms with E-state index in [1.54, 1.807) is 24.3 Å². The topological polar surface area (TPSA) is 105 Å². The van der Waals surface area contributed by atoms with Gasteiger partial charge in [0.25, 0.3) is 0 Å². The normalized spacial score (nSPS) is 15.3. The number of sulfonamides is 1. The van der Waals surface area contributed by atoms with Crippen molar-refractivity contribution in [2.45, 2.75) is 59.1 Å². The zero-order chi connectivity index (χ0) is 22.3. The Morgan fingerprint density at radius 2 is 1.70 bits per heavy atom. The first-order valence-electron chi connectivity index (χ1n) is 10.4. The predicted octanol–water partition coefficient (Wildman–Crippen LogP) is 2.37. The Morgan fingerprint density at radius 1 is 1.10 bits per heavy atom. The average Bonchev–Trinajstić information content (AvgIpc) is 2.62. The molecule has 1 aliphatic rings. The second kappa shape index (κ2) is 10.7. The summed E-state index contributed by atoms with van der Waals surface area (Å²) in [6, 6.07) is 6.41. The van der Waals surface area contributed by atoms with Crippen LogP contribution in [0, 0.1) is 5.92 Å². The summed E-state index contributed by atoms with van der Waals surface area (Å²) in [7, 11) is -3.83. The van der Waals surface area contributed by atoms with Gasteiger partial charge in [0.15, 0.2) is 0 Å². The molecule has 9 heteroatoms. The van der Waals surface area contributed by atoms with Crippen LogP contribution in [-0.2, 0) is 19.6 Å². The number of hydrogen-bond acceptors (Lipinski definition) is 5. The van der Waals surface area contributed by atoms with Gasteiger partial charge in [-0.2, -0.15) is 0 Å². The lowest BCUT2D eigenvalue weighted by atomic mass is 10.0. The maximum absolute atomic E-state index is 12.3. The van der Waals surface area contributed by atoms with Crippen LogP contribution in [0.5, 0.6) is 5.75 Å². The van der Waals surface area contributed by atoms with E-state index < -0.39 is 21.7 Å². The van der Waals surface area contributed by atoms with Crippen LogP contribution in [0.1, 0.15) is 47.0 Å². The van der Waals surface area contributed by atoms with E-state index in [-0.39, 0.29) is 18.1 Å². The van der Waals surface area contributed by atoms with Crippen LogP contribution in [0.2, 0.25) is 0 Å². The van der Waals surface area contributed by atoms with Gasteiger partial charge in [-0.25, -0.2) is 8.42 Å². The fourth-order valence-electron chi connectivity index (χ4n) is 3.28. The lowest BCUT2D eigenvalue weighted by Crippen LogP contribution is -2.48. The maximum atomic E-state index is 12.3. The number of benzene rings is 1. The van der Waals surface area contributed by atoms with E-state index in [4.69, 9.17) is 4.74 Å². The van der Waals surface area contributed by atoms with Crippen LogP contribution < -0.4 is 14.8 Å². The monoisotopic (exact) mass is 439 g/mol. The van der Waals surface area contributed by atoms with Gasteiger partial charge in [0.05, 0.1) is 6.10 Å². The minimum absolute atomic E-state index is 0.0245. The summed E-state index contributed by atoms with van der Waals surface area (Å²) in [5, 5.41) is 2.78. The summed E-state index contributed by atoms with van der Waals surface area (Å²) >= 11 is 0. The summed E-state index contributed by atoms with van der Waals surface area (Å²) < 4.78 is 32.5. The smallest absolute Gasteiger partial charge is 0.241 e. The molecular weight excluding hydrogens is 406 g/mol. The number of likely N-dealkylation sites (tertiary alicyclic amines) is 1. The van der Waals surface area contributed by atoms with E-state index in [9.17, 15) is 18.0 Å².